The predicted molar refractivity (Wildman–Crippen MR) is 242 cm³/mol. The molecular weight excluding hydrogens is 691 g/mol. The van der Waals surface area contributed by atoms with Gasteiger partial charge in [0.05, 0.1) is 0 Å². The first kappa shape index (κ1) is 36.4. The molecule has 2 heteroatoms. The van der Waals surface area contributed by atoms with Crippen LogP contribution in [0.3, 0.4) is 0 Å². The van der Waals surface area contributed by atoms with Crippen molar-refractivity contribution in [2.24, 2.45) is 0 Å². The van der Waals surface area contributed by atoms with E-state index >= 15 is 0 Å². The molecule has 0 heterocycles. The lowest BCUT2D eigenvalue weighted by Crippen LogP contribution is -2.09. The maximum Gasteiger partial charge on any atom is 0.150 e. The maximum atomic E-state index is 11.1. The van der Waals surface area contributed by atoms with E-state index in [9.17, 15) is 4.79 Å². The summed E-state index contributed by atoms with van der Waals surface area (Å²) in [5.41, 5.74) is 15.3. The van der Waals surface area contributed by atoms with Gasteiger partial charge in [0, 0.05) is 22.6 Å². The van der Waals surface area contributed by atoms with Crippen molar-refractivity contribution in [3.05, 3.63) is 268 Å². The van der Waals surface area contributed by atoms with Crippen LogP contribution in [0.4, 0.5) is 17.1 Å². The standard InChI is InChI=1S/C55H41NO/c57-41-46-25-23-42(24-26-46)21-22-43-27-33-51(34-28-43)56(52-35-29-44(30-36-52)39-54(47-13-5-1-6-14-47)48-15-7-2-8-16-48)53-37-31-45(32-38-53)40-55(49-17-9-3-10-18-49)50-19-11-4-12-20-50/h1-41H/b22-21+. The number of benzene rings is 8. The Labute approximate surface area is 335 Å². The lowest BCUT2D eigenvalue weighted by molar-refractivity contribution is 0.112. The Morgan fingerprint density at radius 2 is 0.561 bits per heavy atom. The summed E-state index contributed by atoms with van der Waals surface area (Å²) in [6.07, 6.45) is 9.57. The summed E-state index contributed by atoms with van der Waals surface area (Å²) in [5, 5.41) is 0. The second kappa shape index (κ2) is 17.7. The third kappa shape index (κ3) is 9.05. The molecule has 0 radical (unpaired) electrons. The highest BCUT2D eigenvalue weighted by Crippen LogP contribution is 2.36. The summed E-state index contributed by atoms with van der Waals surface area (Å²) in [5.74, 6) is 0. The normalized spacial score (nSPS) is 10.8. The van der Waals surface area contributed by atoms with E-state index in [-0.39, 0.29) is 0 Å². The molecule has 0 saturated heterocycles. The van der Waals surface area contributed by atoms with Gasteiger partial charge in [0.25, 0.3) is 0 Å². The monoisotopic (exact) mass is 731 g/mol. The average Bonchev–Trinajstić information content (AvgIpc) is 3.29. The first-order valence-electron chi connectivity index (χ1n) is 19.2. The Hall–Kier alpha value is -7.55. The first-order chi connectivity index (χ1) is 28.2. The van der Waals surface area contributed by atoms with Gasteiger partial charge in [-0.05, 0) is 104 Å². The van der Waals surface area contributed by atoms with Crippen molar-refractivity contribution < 1.29 is 4.79 Å². The molecule has 0 aliphatic carbocycles. The molecule has 0 N–H and O–H groups in total. The van der Waals surface area contributed by atoms with Gasteiger partial charge in [-0.1, -0.05) is 194 Å². The molecule has 0 amide bonds. The molecular formula is C55H41NO. The van der Waals surface area contributed by atoms with E-state index in [2.05, 4.69) is 223 Å². The number of anilines is 3. The molecule has 8 rings (SSSR count). The van der Waals surface area contributed by atoms with E-state index in [0.717, 1.165) is 45.6 Å². The molecule has 0 unspecified atom stereocenters. The highest BCUT2D eigenvalue weighted by molar-refractivity contribution is 5.93. The van der Waals surface area contributed by atoms with E-state index in [0.29, 0.717) is 5.56 Å². The van der Waals surface area contributed by atoms with Gasteiger partial charge < -0.3 is 4.90 Å². The summed E-state index contributed by atoms with van der Waals surface area (Å²) in [4.78, 5) is 13.4. The second-order valence-electron chi connectivity index (χ2n) is 13.8. The average molecular weight is 732 g/mol. The summed E-state index contributed by atoms with van der Waals surface area (Å²) >= 11 is 0. The Morgan fingerprint density at radius 3 is 0.860 bits per heavy atom. The molecule has 2 nitrogen and oxygen atoms in total. The Balaban J connectivity index is 1.15. The Morgan fingerprint density at radius 1 is 0.298 bits per heavy atom. The third-order valence-corrected chi connectivity index (χ3v) is 9.96. The van der Waals surface area contributed by atoms with E-state index in [4.69, 9.17) is 0 Å². The summed E-state index contributed by atoms with van der Waals surface area (Å²) < 4.78 is 0. The van der Waals surface area contributed by atoms with Gasteiger partial charge in [-0.15, -0.1) is 0 Å². The summed E-state index contributed by atoms with van der Waals surface area (Å²) in [6.45, 7) is 0. The molecule has 0 aromatic heterocycles. The fraction of sp³-hybridized carbons (Fsp3) is 0. The van der Waals surface area contributed by atoms with Gasteiger partial charge >= 0.3 is 0 Å². The van der Waals surface area contributed by atoms with Crippen molar-refractivity contribution in [3.8, 4) is 0 Å². The minimum absolute atomic E-state index is 0.672. The summed E-state index contributed by atoms with van der Waals surface area (Å²) in [6, 6.07) is 76.1. The zero-order valence-corrected chi connectivity index (χ0v) is 31.5. The lowest BCUT2D eigenvalue weighted by Gasteiger charge is -2.26. The highest BCUT2D eigenvalue weighted by atomic mass is 16.1. The van der Waals surface area contributed by atoms with Gasteiger partial charge in [-0.25, -0.2) is 0 Å². The molecule has 8 aromatic carbocycles. The van der Waals surface area contributed by atoms with Crippen LogP contribution in [0.1, 0.15) is 54.9 Å². The van der Waals surface area contributed by atoms with Crippen molar-refractivity contribution in [2.45, 2.75) is 0 Å². The molecule has 0 bridgehead atoms. The van der Waals surface area contributed by atoms with Gasteiger partial charge in [0.2, 0.25) is 0 Å². The number of carbonyl (C=O) groups is 1. The first-order valence-corrected chi connectivity index (χ1v) is 19.2. The smallest absolute Gasteiger partial charge is 0.150 e. The molecule has 0 fully saturated rings. The predicted octanol–water partition coefficient (Wildman–Crippen LogP) is 14.3. The molecule has 8 aromatic rings. The van der Waals surface area contributed by atoms with Gasteiger partial charge in [-0.2, -0.15) is 0 Å². The van der Waals surface area contributed by atoms with Crippen LogP contribution in [0.5, 0.6) is 0 Å². The molecule has 0 atom stereocenters. The van der Waals surface area contributed by atoms with Crippen molar-refractivity contribution >= 4 is 58.8 Å². The number of hydrogen-bond donors (Lipinski definition) is 0. The Bertz CT molecular complexity index is 2390. The number of rotatable bonds is 12. The topological polar surface area (TPSA) is 20.3 Å². The zero-order valence-electron chi connectivity index (χ0n) is 31.5. The van der Waals surface area contributed by atoms with Crippen molar-refractivity contribution in [2.75, 3.05) is 4.90 Å². The van der Waals surface area contributed by atoms with Crippen LogP contribution in [0.15, 0.2) is 218 Å². The van der Waals surface area contributed by atoms with Gasteiger partial charge in [0.1, 0.15) is 6.29 Å². The van der Waals surface area contributed by atoms with Gasteiger partial charge in [-0.3, -0.25) is 4.79 Å². The van der Waals surface area contributed by atoms with Crippen LogP contribution in [0, 0.1) is 0 Å². The minimum atomic E-state index is 0.672. The largest absolute Gasteiger partial charge is 0.311 e. The summed E-state index contributed by atoms with van der Waals surface area (Å²) in [7, 11) is 0. The molecule has 0 aliphatic heterocycles. The van der Waals surface area contributed by atoms with Crippen molar-refractivity contribution in [1.29, 1.82) is 0 Å². The lowest BCUT2D eigenvalue weighted by atomic mass is 9.95. The second-order valence-corrected chi connectivity index (χ2v) is 13.8. The molecule has 272 valence electrons. The molecule has 57 heavy (non-hydrogen) atoms. The number of nitrogens with zero attached hydrogens (tertiary/aromatic N) is 1. The van der Waals surface area contributed by atoms with E-state index in [1.807, 2.05) is 24.3 Å². The van der Waals surface area contributed by atoms with Crippen LogP contribution < -0.4 is 4.90 Å². The van der Waals surface area contributed by atoms with Crippen LogP contribution in [-0.4, -0.2) is 6.29 Å². The Kier molecular flexibility index (Phi) is 11.3. The van der Waals surface area contributed by atoms with E-state index in [1.54, 1.807) is 0 Å². The molecule has 0 spiro atoms. The van der Waals surface area contributed by atoms with Crippen LogP contribution in [-0.2, 0) is 0 Å². The van der Waals surface area contributed by atoms with Crippen molar-refractivity contribution in [1.82, 2.24) is 0 Å². The van der Waals surface area contributed by atoms with Crippen LogP contribution in [0.2, 0.25) is 0 Å². The maximum absolute atomic E-state index is 11.1. The fourth-order valence-corrected chi connectivity index (χ4v) is 6.97. The SMILES string of the molecule is O=Cc1ccc(/C=C/c2ccc(N(c3ccc(C=C(c4ccccc4)c4ccccc4)cc3)c3ccc(C=C(c4ccccc4)c4ccccc4)cc3)cc2)cc1. The van der Waals surface area contributed by atoms with Crippen LogP contribution >= 0.6 is 0 Å². The number of aldehydes is 1. The van der Waals surface area contributed by atoms with E-state index < -0.39 is 0 Å². The molecule has 0 aliphatic rings. The van der Waals surface area contributed by atoms with Gasteiger partial charge in [0.15, 0.2) is 0 Å². The minimum Gasteiger partial charge on any atom is -0.311 e. The quantitative estimate of drug-likeness (QED) is 0.0921. The number of hydrogen-bond acceptors (Lipinski definition) is 2. The number of carbonyl (C=O) groups excluding carboxylic acids is 1. The van der Waals surface area contributed by atoms with E-state index in [1.165, 1.54) is 33.4 Å². The van der Waals surface area contributed by atoms with Crippen LogP contribution in [0.25, 0.3) is 35.5 Å². The zero-order chi connectivity index (χ0) is 38.7. The fourth-order valence-electron chi connectivity index (χ4n) is 6.97. The molecule has 0 saturated carbocycles. The third-order valence-electron chi connectivity index (χ3n) is 9.96. The highest BCUT2D eigenvalue weighted by Gasteiger charge is 2.14. The van der Waals surface area contributed by atoms with Crippen molar-refractivity contribution in [3.63, 3.8) is 0 Å².